The minimum absolute atomic E-state index is 0. The Morgan fingerprint density at radius 3 is 0.410 bits per heavy atom. The first-order valence-corrected chi connectivity index (χ1v) is 22.9. The van der Waals surface area contributed by atoms with Crippen molar-refractivity contribution in [3.05, 3.63) is 0 Å². The number of carbonyl (C=O) groups is 6. The van der Waals surface area contributed by atoms with Gasteiger partial charge in [-0.25, -0.2) is 0 Å². The molecule has 0 N–H and O–H groups in total. The molecule has 0 heterocycles. The van der Waals surface area contributed by atoms with Crippen molar-refractivity contribution >= 4 is 35.8 Å². The average Bonchev–Trinajstić information content (AvgIpc) is 3.10. The van der Waals surface area contributed by atoms with E-state index in [1.165, 1.54) is 0 Å². The predicted octanol–water partition coefficient (Wildman–Crippen LogP) is 5.71. The quantitative estimate of drug-likeness (QED) is 0.0621. The Labute approximate surface area is 387 Å². The Bertz CT molecular complexity index is 794. The van der Waals surface area contributed by atoms with Crippen LogP contribution in [-0.4, -0.2) is 35.8 Å². The van der Waals surface area contributed by atoms with Crippen LogP contribution in [0.5, 0.6) is 0 Å². The molecule has 0 aliphatic carbocycles. The second-order valence-corrected chi connectivity index (χ2v) is 18.1. The summed E-state index contributed by atoms with van der Waals surface area (Å²) < 4.78 is 0. The van der Waals surface area contributed by atoms with Crippen molar-refractivity contribution in [2.24, 2.45) is 35.5 Å². The van der Waals surface area contributed by atoms with Crippen LogP contribution in [-0.2, 0) is 49.8 Å². The van der Waals surface area contributed by atoms with Gasteiger partial charge >= 0.3 is 21.1 Å². The summed E-state index contributed by atoms with van der Waals surface area (Å²) in [4.78, 5) is 59.6. The van der Waals surface area contributed by atoms with E-state index in [1.54, 1.807) is 0 Å². The van der Waals surface area contributed by atoms with Crippen molar-refractivity contribution < 1.29 is 80.5 Å². The van der Waals surface area contributed by atoms with Gasteiger partial charge in [-0.15, -0.1) is 0 Å². The van der Waals surface area contributed by atoms with Crippen LogP contribution in [0.25, 0.3) is 0 Å². The summed E-state index contributed by atoms with van der Waals surface area (Å²) in [5.41, 5.74) is 0. The van der Waals surface area contributed by atoms with Crippen molar-refractivity contribution in [3.63, 3.8) is 0 Å². The Kier molecular flexibility index (Phi) is 66.4. The summed E-state index contributed by atoms with van der Waals surface area (Å²) >= 11 is 0. The third kappa shape index (κ3) is 114. The van der Waals surface area contributed by atoms with Crippen LogP contribution in [0, 0.1) is 35.5 Å². The Hall–Kier alpha value is -2.49. The van der Waals surface area contributed by atoms with Crippen molar-refractivity contribution in [2.45, 2.75) is 237 Å². The predicted molar refractivity (Wildman–Crippen MR) is 230 cm³/mol. The van der Waals surface area contributed by atoms with Crippen molar-refractivity contribution in [1.29, 1.82) is 0 Å². The number of hydrogen-bond donors (Lipinski definition) is 0. The van der Waals surface area contributed by atoms with E-state index >= 15 is 0 Å². The molecule has 61 heavy (non-hydrogen) atoms. The molecule has 0 radical (unpaired) electrons. The van der Waals surface area contributed by atoms with E-state index in [0.717, 1.165) is 116 Å². The van der Waals surface area contributed by atoms with E-state index in [4.69, 9.17) is 0 Å². The van der Waals surface area contributed by atoms with Gasteiger partial charge in [-0.3, -0.25) is 0 Å². The van der Waals surface area contributed by atoms with Crippen LogP contribution in [0.3, 0.4) is 0 Å². The number of aliphatic carboxylic acids is 6. The summed E-state index contributed by atoms with van der Waals surface area (Å²) in [6, 6.07) is 0. The maximum absolute atomic E-state index is 9.93. The first-order valence-electron chi connectivity index (χ1n) is 22.9. The van der Waals surface area contributed by atoms with Gasteiger partial charge in [0.1, 0.15) is 0 Å². The third-order valence-corrected chi connectivity index (χ3v) is 8.47. The summed E-state index contributed by atoms with van der Waals surface area (Å²) in [6.45, 7) is 25.7. The summed E-state index contributed by atoms with van der Waals surface area (Å²) in [5.74, 6) is -1.47. The first kappa shape index (κ1) is 72.9. The zero-order chi connectivity index (χ0) is 47.9. The molecule has 0 spiro atoms. The number of carbonyl (C=O) groups excluding carboxylic acids is 6. The molecule has 0 aliphatic rings. The van der Waals surface area contributed by atoms with Crippen LogP contribution >= 0.6 is 0 Å². The molecule has 12 nitrogen and oxygen atoms in total. The van der Waals surface area contributed by atoms with E-state index in [-0.39, 0.29) is 59.6 Å². The van der Waals surface area contributed by atoms with Crippen LogP contribution in [0.2, 0.25) is 0 Å². The molecule has 0 aromatic carbocycles. The monoisotopic (exact) mass is 957 g/mol. The van der Waals surface area contributed by atoms with Crippen molar-refractivity contribution in [2.75, 3.05) is 0 Å². The van der Waals surface area contributed by atoms with Crippen LogP contribution in [0.1, 0.15) is 237 Å². The molecule has 0 unspecified atom stereocenters. The Morgan fingerprint density at radius 2 is 0.344 bits per heavy atom. The molecular formula is C48H90MoO12. The van der Waals surface area contributed by atoms with Gasteiger partial charge in [0.15, 0.2) is 0 Å². The summed E-state index contributed by atoms with van der Waals surface area (Å²) in [6.07, 6.45) is 18.6. The van der Waals surface area contributed by atoms with Gasteiger partial charge in [0, 0.05) is 35.8 Å². The average molecular weight is 955 g/mol. The topological polar surface area (TPSA) is 241 Å². The number of carboxylic acid groups (broad SMARTS) is 6. The second kappa shape index (κ2) is 55.5. The van der Waals surface area contributed by atoms with Crippen LogP contribution < -0.4 is 30.6 Å². The molecule has 0 bridgehead atoms. The number of unbranched alkanes of at least 4 members (excludes halogenated alkanes) is 6. The fourth-order valence-corrected chi connectivity index (χ4v) is 4.93. The molecule has 0 saturated heterocycles. The molecule has 0 aromatic heterocycles. The SMILES string of the molecule is CC(C)CCCCC(=O)[O-].CC(C)CCCCC(=O)[O-].CC(C)CCCCC(=O)[O-].CC(C)CCCCC(=O)[O-].CC(C)CCCCC(=O)[O-].CC(C)CCCCC(=O)[O-].[Mo+6]. The first-order chi connectivity index (χ1) is 27.8. The van der Waals surface area contributed by atoms with Gasteiger partial charge in [-0.1, -0.05) is 160 Å². The van der Waals surface area contributed by atoms with E-state index < -0.39 is 35.8 Å². The van der Waals surface area contributed by atoms with Gasteiger partial charge < -0.3 is 59.4 Å². The molecule has 0 fully saturated rings. The summed E-state index contributed by atoms with van der Waals surface area (Å²) in [7, 11) is 0. The van der Waals surface area contributed by atoms with Gasteiger partial charge in [0.05, 0.1) is 0 Å². The van der Waals surface area contributed by atoms with Gasteiger partial charge in [0.2, 0.25) is 0 Å². The second-order valence-electron chi connectivity index (χ2n) is 18.1. The maximum atomic E-state index is 9.93. The van der Waals surface area contributed by atoms with E-state index in [2.05, 4.69) is 83.1 Å². The number of carboxylic acids is 6. The molecule has 0 saturated carbocycles. The third-order valence-electron chi connectivity index (χ3n) is 8.47. The normalized spacial score (nSPS) is 10.1. The molecule has 0 aromatic rings. The van der Waals surface area contributed by atoms with Gasteiger partial charge in [-0.2, -0.15) is 0 Å². The van der Waals surface area contributed by atoms with Gasteiger partial charge in [0.25, 0.3) is 0 Å². The molecule has 13 heteroatoms. The zero-order valence-electron chi connectivity index (χ0n) is 40.7. The van der Waals surface area contributed by atoms with Crippen LogP contribution in [0.4, 0.5) is 0 Å². The number of hydrogen-bond acceptors (Lipinski definition) is 12. The molecule has 0 atom stereocenters. The van der Waals surface area contributed by atoms with Gasteiger partial charge in [-0.05, 0) is 113 Å². The molecule has 0 amide bonds. The minimum atomic E-state index is -0.927. The van der Waals surface area contributed by atoms with Crippen LogP contribution in [0.15, 0.2) is 0 Å². The molecule has 0 rings (SSSR count). The zero-order valence-corrected chi connectivity index (χ0v) is 42.7. The van der Waals surface area contributed by atoms with E-state index in [1.807, 2.05) is 0 Å². The fourth-order valence-electron chi connectivity index (χ4n) is 4.93. The minimum Gasteiger partial charge on any atom is -0.550 e. The molecule has 360 valence electrons. The largest absolute Gasteiger partial charge is 6.00 e. The maximum Gasteiger partial charge on any atom is 6.00 e. The molecular weight excluding hydrogens is 864 g/mol. The van der Waals surface area contributed by atoms with E-state index in [9.17, 15) is 59.4 Å². The Balaban J connectivity index is -0.000000114. The standard InChI is InChI=1S/6C8H16O2.Mo/c6*1-7(2)5-3-4-6-8(9)10;/h6*7H,3-6H2,1-2H3,(H,9,10);/q;;;;;;+6/p-6. The Morgan fingerprint density at radius 1 is 0.246 bits per heavy atom. The fraction of sp³-hybridized carbons (Fsp3) is 0.875. The van der Waals surface area contributed by atoms with Crippen molar-refractivity contribution in [1.82, 2.24) is 0 Å². The molecule has 0 aliphatic heterocycles. The smallest absolute Gasteiger partial charge is 0.550 e. The van der Waals surface area contributed by atoms with Crippen molar-refractivity contribution in [3.8, 4) is 0 Å². The number of rotatable bonds is 30. The summed E-state index contributed by atoms with van der Waals surface area (Å²) in [5, 5.41) is 59.6. The van der Waals surface area contributed by atoms with E-state index in [0.29, 0.717) is 35.5 Å².